The number of benzene rings is 2. The minimum absolute atomic E-state index is 0.0248. The molecule has 0 aliphatic carbocycles. The van der Waals surface area contributed by atoms with Crippen LogP contribution in [0.25, 0.3) is 16.8 Å². The summed E-state index contributed by atoms with van der Waals surface area (Å²) in [7, 11) is 0. The summed E-state index contributed by atoms with van der Waals surface area (Å²) in [6, 6.07) is 19.2. The predicted octanol–water partition coefficient (Wildman–Crippen LogP) is 5.11. The largest absolute Gasteiger partial charge is 0.236 e. The van der Waals surface area contributed by atoms with Crippen LogP contribution in [0.1, 0.15) is 39.0 Å². The lowest BCUT2D eigenvalue weighted by Crippen LogP contribution is -2.46. The molecular formula is C21H22N2. The van der Waals surface area contributed by atoms with Gasteiger partial charge in [-0.25, -0.2) is 4.68 Å². The molecule has 1 aliphatic heterocycles. The third-order valence-corrected chi connectivity index (χ3v) is 5.81. The molecule has 2 heterocycles. The molecule has 2 nitrogen and oxygen atoms in total. The molecule has 23 heavy (non-hydrogen) atoms. The van der Waals surface area contributed by atoms with Gasteiger partial charge in [0, 0.05) is 16.4 Å². The van der Waals surface area contributed by atoms with Gasteiger partial charge in [0.2, 0.25) is 0 Å². The van der Waals surface area contributed by atoms with Crippen molar-refractivity contribution in [3.63, 3.8) is 0 Å². The van der Waals surface area contributed by atoms with Gasteiger partial charge >= 0.3 is 0 Å². The second-order valence-corrected chi connectivity index (χ2v) is 7.45. The maximum atomic E-state index is 4.75. The van der Waals surface area contributed by atoms with Gasteiger partial charge < -0.3 is 0 Å². The Labute approximate surface area is 137 Å². The maximum absolute atomic E-state index is 4.75. The lowest BCUT2D eigenvalue weighted by molar-refractivity contribution is 0.276. The summed E-state index contributed by atoms with van der Waals surface area (Å²) in [6.07, 6.45) is 2.02. The number of para-hydroxylation sites is 1. The third kappa shape index (κ3) is 1.78. The molecule has 4 rings (SSSR count). The van der Waals surface area contributed by atoms with Crippen LogP contribution < -0.4 is 0 Å². The van der Waals surface area contributed by atoms with Crippen molar-refractivity contribution < 1.29 is 0 Å². The SMILES string of the molecule is CC1(C)c2ccccc2-n2ncc(-c3ccccc3)c2C1(C)C. The van der Waals surface area contributed by atoms with Crippen LogP contribution in [0, 0.1) is 0 Å². The number of nitrogens with zero attached hydrogens (tertiary/aromatic N) is 2. The highest BCUT2D eigenvalue weighted by Gasteiger charge is 2.48. The van der Waals surface area contributed by atoms with Gasteiger partial charge in [-0.15, -0.1) is 0 Å². The molecule has 1 aromatic heterocycles. The summed E-state index contributed by atoms with van der Waals surface area (Å²) in [5.74, 6) is 0. The number of hydrogen-bond acceptors (Lipinski definition) is 1. The van der Waals surface area contributed by atoms with Crippen molar-refractivity contribution in [3.8, 4) is 16.8 Å². The monoisotopic (exact) mass is 302 g/mol. The highest BCUT2D eigenvalue weighted by atomic mass is 15.3. The van der Waals surface area contributed by atoms with Crippen LogP contribution in [0.15, 0.2) is 60.8 Å². The normalized spacial score (nSPS) is 17.4. The van der Waals surface area contributed by atoms with E-state index in [0.717, 1.165) is 0 Å². The van der Waals surface area contributed by atoms with E-state index < -0.39 is 0 Å². The van der Waals surface area contributed by atoms with Gasteiger partial charge in [-0.1, -0.05) is 76.2 Å². The van der Waals surface area contributed by atoms with Crippen molar-refractivity contribution in [2.24, 2.45) is 0 Å². The first-order chi connectivity index (χ1) is 10.9. The molecule has 1 aliphatic rings. The van der Waals surface area contributed by atoms with Crippen LogP contribution in [0.5, 0.6) is 0 Å². The van der Waals surface area contributed by atoms with E-state index in [2.05, 4.69) is 87.0 Å². The fraction of sp³-hybridized carbons (Fsp3) is 0.286. The molecule has 116 valence electrons. The molecule has 0 atom stereocenters. The van der Waals surface area contributed by atoms with E-state index in [9.17, 15) is 0 Å². The van der Waals surface area contributed by atoms with Crippen LogP contribution in [-0.4, -0.2) is 9.78 Å². The van der Waals surface area contributed by atoms with E-state index in [1.807, 2.05) is 6.20 Å². The Kier molecular flexibility index (Phi) is 2.84. The lowest BCUT2D eigenvalue weighted by atomic mass is 9.59. The van der Waals surface area contributed by atoms with E-state index in [1.54, 1.807) is 0 Å². The van der Waals surface area contributed by atoms with Crippen molar-refractivity contribution in [2.45, 2.75) is 38.5 Å². The number of aromatic nitrogens is 2. The van der Waals surface area contributed by atoms with Gasteiger partial charge in [-0.2, -0.15) is 5.10 Å². The number of hydrogen-bond donors (Lipinski definition) is 0. The van der Waals surface area contributed by atoms with E-state index in [0.29, 0.717) is 0 Å². The summed E-state index contributed by atoms with van der Waals surface area (Å²) in [5, 5.41) is 4.75. The van der Waals surface area contributed by atoms with E-state index >= 15 is 0 Å². The highest BCUT2D eigenvalue weighted by Crippen LogP contribution is 2.52. The molecule has 2 aromatic carbocycles. The molecule has 0 amide bonds. The molecule has 0 saturated carbocycles. The molecule has 0 saturated heterocycles. The van der Waals surface area contributed by atoms with Crippen LogP contribution >= 0.6 is 0 Å². The average molecular weight is 302 g/mol. The van der Waals surface area contributed by atoms with Crippen molar-refractivity contribution in [1.82, 2.24) is 9.78 Å². The van der Waals surface area contributed by atoms with Crippen molar-refractivity contribution in [3.05, 3.63) is 72.1 Å². The molecule has 0 unspecified atom stereocenters. The molecule has 0 spiro atoms. The summed E-state index contributed by atoms with van der Waals surface area (Å²) >= 11 is 0. The zero-order valence-electron chi connectivity index (χ0n) is 14.2. The Morgan fingerprint density at radius 2 is 1.43 bits per heavy atom. The van der Waals surface area contributed by atoms with Gasteiger partial charge in [0.25, 0.3) is 0 Å². The van der Waals surface area contributed by atoms with Gasteiger partial charge in [-0.05, 0) is 17.2 Å². The summed E-state index contributed by atoms with van der Waals surface area (Å²) < 4.78 is 2.14. The van der Waals surface area contributed by atoms with E-state index in [4.69, 9.17) is 5.10 Å². The number of fused-ring (bicyclic) bond motifs is 3. The van der Waals surface area contributed by atoms with Crippen LogP contribution in [-0.2, 0) is 10.8 Å². The Bertz CT molecular complexity index is 856. The minimum Gasteiger partial charge on any atom is -0.236 e. The Balaban J connectivity index is 2.07. The standard InChI is InChI=1S/C21H22N2/c1-20(2)17-12-8-9-13-18(17)23-19(21(20,3)4)16(14-22-23)15-10-6-5-7-11-15/h5-14H,1-4H3. The Hall–Kier alpha value is -2.35. The quantitative estimate of drug-likeness (QED) is 0.611. The maximum Gasteiger partial charge on any atom is 0.0687 e. The first kappa shape index (κ1) is 14.3. The predicted molar refractivity (Wildman–Crippen MR) is 95.1 cm³/mol. The third-order valence-electron chi connectivity index (χ3n) is 5.81. The van der Waals surface area contributed by atoms with Gasteiger partial charge in [0.05, 0.1) is 17.6 Å². The van der Waals surface area contributed by atoms with E-state index in [1.165, 1.54) is 28.1 Å². The Morgan fingerprint density at radius 1 is 0.783 bits per heavy atom. The van der Waals surface area contributed by atoms with Gasteiger partial charge in [0.15, 0.2) is 0 Å². The van der Waals surface area contributed by atoms with Crippen molar-refractivity contribution in [1.29, 1.82) is 0 Å². The zero-order valence-corrected chi connectivity index (χ0v) is 14.2. The second kappa shape index (κ2) is 4.58. The molecular weight excluding hydrogens is 280 g/mol. The fourth-order valence-electron chi connectivity index (χ4n) is 3.78. The average Bonchev–Trinajstić information content (AvgIpc) is 3.00. The molecule has 3 aromatic rings. The van der Waals surface area contributed by atoms with Crippen LogP contribution in [0.4, 0.5) is 0 Å². The topological polar surface area (TPSA) is 17.8 Å². The summed E-state index contributed by atoms with van der Waals surface area (Å²) in [6.45, 7) is 9.36. The summed E-state index contributed by atoms with van der Waals surface area (Å²) in [4.78, 5) is 0. The van der Waals surface area contributed by atoms with Crippen LogP contribution in [0.2, 0.25) is 0 Å². The van der Waals surface area contributed by atoms with Crippen molar-refractivity contribution >= 4 is 0 Å². The van der Waals surface area contributed by atoms with Gasteiger partial charge in [-0.3, -0.25) is 0 Å². The number of rotatable bonds is 1. The minimum atomic E-state index is -0.0248. The van der Waals surface area contributed by atoms with E-state index in [-0.39, 0.29) is 10.8 Å². The smallest absolute Gasteiger partial charge is 0.0687 e. The highest BCUT2D eigenvalue weighted by molar-refractivity contribution is 5.70. The molecule has 2 heteroatoms. The molecule has 0 fully saturated rings. The van der Waals surface area contributed by atoms with Crippen molar-refractivity contribution in [2.75, 3.05) is 0 Å². The lowest BCUT2D eigenvalue weighted by Gasteiger charge is -2.47. The zero-order chi connectivity index (χ0) is 16.2. The van der Waals surface area contributed by atoms with Crippen LogP contribution in [0.3, 0.4) is 0 Å². The summed E-state index contributed by atoms with van der Waals surface area (Å²) in [5.41, 5.74) is 6.34. The molecule has 0 N–H and O–H groups in total. The first-order valence-corrected chi connectivity index (χ1v) is 8.18. The fourth-order valence-corrected chi connectivity index (χ4v) is 3.78. The first-order valence-electron chi connectivity index (χ1n) is 8.18. The Morgan fingerprint density at radius 3 is 2.17 bits per heavy atom. The van der Waals surface area contributed by atoms with Gasteiger partial charge in [0.1, 0.15) is 0 Å². The molecule has 0 radical (unpaired) electrons. The molecule has 0 bridgehead atoms. The second-order valence-electron chi connectivity index (χ2n) is 7.45.